The van der Waals surface area contributed by atoms with Gasteiger partial charge in [-0.2, -0.15) is 26.3 Å². The number of hydrogen-bond donors (Lipinski definition) is 0. The molecule has 0 aromatic heterocycles. The number of hydrogen-bond acceptors (Lipinski definition) is 5. The standard InChI is InChI=1S/C10H22NO.C2F6NO4S2/c1-5-8-11(6-2,7-3)9-10-12-4;3-1(4,5)14(10,11)9-15(12,13)2(6,7)8/h5H,1,6-10H2,2-4H3;/q+1;-1. The average molecular weight is 452 g/mol. The van der Waals surface area contributed by atoms with Gasteiger partial charge in [0.25, 0.3) is 0 Å². The summed E-state index contributed by atoms with van der Waals surface area (Å²) in [6.45, 7) is 13.5. The van der Waals surface area contributed by atoms with Crippen molar-refractivity contribution in [1.82, 2.24) is 0 Å². The van der Waals surface area contributed by atoms with Gasteiger partial charge in [-0.1, -0.05) is 6.58 Å². The maximum absolute atomic E-state index is 11.4. The Morgan fingerprint density at radius 3 is 1.56 bits per heavy atom. The Balaban J connectivity index is 0. The minimum atomic E-state index is -6.72. The van der Waals surface area contributed by atoms with Gasteiger partial charge in [-0.3, -0.25) is 0 Å². The fourth-order valence-electron chi connectivity index (χ4n) is 1.66. The molecule has 0 aliphatic rings. The van der Waals surface area contributed by atoms with Crippen LogP contribution in [0.1, 0.15) is 13.8 Å². The molecule has 164 valence electrons. The molecule has 0 rings (SSSR count). The minimum absolute atomic E-state index is 0.778. The van der Waals surface area contributed by atoms with E-state index in [1.807, 2.05) is 6.08 Å². The molecule has 0 bridgehead atoms. The number of quaternary nitrogens is 1. The molecule has 0 spiro atoms. The van der Waals surface area contributed by atoms with E-state index >= 15 is 0 Å². The van der Waals surface area contributed by atoms with Crippen molar-refractivity contribution in [2.24, 2.45) is 0 Å². The summed E-state index contributed by atoms with van der Waals surface area (Å²) in [7, 11) is -11.7. The molecule has 0 saturated heterocycles. The van der Waals surface area contributed by atoms with Crippen molar-refractivity contribution in [2.45, 2.75) is 24.9 Å². The summed E-state index contributed by atoms with van der Waals surface area (Å²) in [6, 6.07) is 0. The molecule has 0 saturated carbocycles. The van der Waals surface area contributed by atoms with E-state index in [1.54, 1.807) is 7.11 Å². The van der Waals surface area contributed by atoms with Crippen molar-refractivity contribution in [2.75, 3.05) is 39.9 Å². The second-order valence-electron chi connectivity index (χ2n) is 5.08. The Kier molecular flexibility index (Phi) is 11.1. The first kappa shape index (κ1) is 28.3. The summed E-state index contributed by atoms with van der Waals surface area (Å²) >= 11 is 0. The summed E-state index contributed by atoms with van der Waals surface area (Å²) < 4.78 is 115. The van der Waals surface area contributed by atoms with Crippen LogP contribution in [0, 0.1) is 0 Å². The SMILES string of the molecule is C=CC[N+](CC)(CC)CCOC.O=S(=O)([N-]S(=O)(=O)C(F)(F)F)C(F)(F)F. The highest BCUT2D eigenvalue weighted by Crippen LogP contribution is 2.36. The highest BCUT2D eigenvalue weighted by molar-refractivity contribution is 8.13. The summed E-state index contributed by atoms with van der Waals surface area (Å²) in [4.78, 5) is 0. The molecule has 0 amide bonds. The second kappa shape index (κ2) is 10.6. The van der Waals surface area contributed by atoms with Gasteiger partial charge in [0, 0.05) is 7.11 Å². The minimum Gasteiger partial charge on any atom is -0.421 e. The Bertz CT molecular complexity index is 613. The Labute approximate surface area is 154 Å². The van der Waals surface area contributed by atoms with Crippen molar-refractivity contribution in [3.63, 3.8) is 0 Å². The van der Waals surface area contributed by atoms with E-state index in [0.29, 0.717) is 0 Å². The molecular formula is C12H22F6N2O5S2. The maximum Gasteiger partial charge on any atom is 0.480 e. The monoisotopic (exact) mass is 452 g/mol. The predicted molar refractivity (Wildman–Crippen MR) is 86.5 cm³/mol. The highest BCUT2D eigenvalue weighted by Gasteiger charge is 2.46. The molecule has 15 heteroatoms. The molecule has 0 radical (unpaired) electrons. The van der Waals surface area contributed by atoms with Crippen LogP contribution in [0.5, 0.6) is 0 Å². The molecule has 0 aromatic rings. The first-order valence-corrected chi connectivity index (χ1v) is 10.1. The third-order valence-corrected chi connectivity index (χ3v) is 6.15. The van der Waals surface area contributed by atoms with Gasteiger partial charge in [-0.15, -0.1) is 0 Å². The van der Waals surface area contributed by atoms with E-state index in [1.165, 1.54) is 0 Å². The van der Waals surface area contributed by atoms with E-state index in [9.17, 15) is 43.2 Å². The van der Waals surface area contributed by atoms with Crippen molar-refractivity contribution in [3.8, 4) is 0 Å². The van der Waals surface area contributed by atoms with Crippen LogP contribution in [0.25, 0.3) is 4.13 Å². The Hall–Kier alpha value is -0.900. The molecular weight excluding hydrogens is 430 g/mol. The van der Waals surface area contributed by atoms with E-state index in [2.05, 4.69) is 20.4 Å². The maximum atomic E-state index is 11.4. The zero-order valence-corrected chi connectivity index (χ0v) is 16.5. The van der Waals surface area contributed by atoms with Crippen LogP contribution in [0.2, 0.25) is 0 Å². The van der Waals surface area contributed by atoms with Gasteiger partial charge in [-0.25, -0.2) is 16.8 Å². The van der Waals surface area contributed by atoms with Gasteiger partial charge < -0.3 is 13.3 Å². The van der Waals surface area contributed by atoms with Crippen LogP contribution in [0.15, 0.2) is 12.7 Å². The Morgan fingerprint density at radius 1 is 0.963 bits per heavy atom. The van der Waals surface area contributed by atoms with Gasteiger partial charge >= 0.3 is 11.0 Å². The summed E-state index contributed by atoms with van der Waals surface area (Å²) in [5, 5.41) is 0. The smallest absolute Gasteiger partial charge is 0.421 e. The normalized spacial score (nSPS) is 13.7. The van der Waals surface area contributed by atoms with Gasteiger partial charge in [0.1, 0.15) is 6.54 Å². The zero-order valence-electron chi connectivity index (χ0n) is 14.8. The van der Waals surface area contributed by atoms with E-state index < -0.39 is 31.1 Å². The number of nitrogens with zero attached hydrogens (tertiary/aromatic N) is 2. The lowest BCUT2D eigenvalue weighted by Crippen LogP contribution is -2.49. The molecule has 27 heavy (non-hydrogen) atoms. The Morgan fingerprint density at radius 2 is 1.33 bits per heavy atom. The average Bonchev–Trinajstić information content (AvgIpc) is 2.49. The van der Waals surface area contributed by atoms with Crippen LogP contribution in [-0.4, -0.2) is 72.2 Å². The van der Waals surface area contributed by atoms with Gasteiger partial charge in [0.2, 0.25) is 0 Å². The third kappa shape index (κ3) is 9.23. The molecule has 7 nitrogen and oxygen atoms in total. The van der Waals surface area contributed by atoms with Crippen molar-refractivity contribution in [3.05, 3.63) is 16.8 Å². The highest BCUT2D eigenvalue weighted by atomic mass is 32.3. The summed E-state index contributed by atoms with van der Waals surface area (Å²) in [6.07, 6.45) is 2.00. The first-order valence-electron chi connectivity index (χ1n) is 7.27. The van der Waals surface area contributed by atoms with Crippen LogP contribution < -0.4 is 0 Å². The first-order chi connectivity index (χ1) is 11.9. The fourth-order valence-corrected chi connectivity index (χ4v) is 3.37. The van der Waals surface area contributed by atoms with Crippen molar-refractivity contribution >= 4 is 20.0 Å². The number of sulfonamides is 2. The molecule has 0 aromatic carbocycles. The number of ether oxygens (including phenoxy) is 1. The van der Waals surface area contributed by atoms with Crippen LogP contribution in [0.3, 0.4) is 0 Å². The zero-order chi connectivity index (χ0) is 22.2. The summed E-state index contributed by atoms with van der Waals surface area (Å²) in [5.41, 5.74) is -12.4. The number of halogens is 6. The molecule has 0 fully saturated rings. The van der Waals surface area contributed by atoms with Crippen LogP contribution >= 0.6 is 0 Å². The van der Waals surface area contributed by atoms with E-state index in [-0.39, 0.29) is 0 Å². The number of rotatable bonds is 9. The molecule has 0 aliphatic heterocycles. The van der Waals surface area contributed by atoms with Crippen molar-refractivity contribution in [1.29, 1.82) is 0 Å². The molecule has 0 heterocycles. The van der Waals surface area contributed by atoms with Gasteiger partial charge in [0.05, 0.1) is 26.2 Å². The lowest BCUT2D eigenvalue weighted by Gasteiger charge is -2.35. The quantitative estimate of drug-likeness (QED) is 0.305. The lowest BCUT2D eigenvalue weighted by molar-refractivity contribution is -0.919. The molecule has 0 aliphatic carbocycles. The fraction of sp³-hybridized carbons (Fsp3) is 0.833. The lowest BCUT2D eigenvalue weighted by atomic mass is 10.3. The van der Waals surface area contributed by atoms with Crippen LogP contribution in [-0.2, 0) is 24.8 Å². The third-order valence-electron chi connectivity index (χ3n) is 3.41. The van der Waals surface area contributed by atoms with Gasteiger partial charge in [-0.05, 0) is 19.9 Å². The van der Waals surface area contributed by atoms with E-state index in [0.717, 1.165) is 41.4 Å². The van der Waals surface area contributed by atoms with Crippen LogP contribution in [0.4, 0.5) is 26.3 Å². The molecule has 0 atom stereocenters. The number of alkyl halides is 6. The van der Waals surface area contributed by atoms with E-state index in [4.69, 9.17) is 4.74 Å². The second-order valence-corrected chi connectivity index (χ2v) is 8.50. The number of methoxy groups -OCH3 is 1. The predicted octanol–water partition coefficient (Wildman–Crippen LogP) is 2.73. The largest absolute Gasteiger partial charge is 0.480 e. The summed E-state index contributed by atoms with van der Waals surface area (Å²) in [5.74, 6) is 0. The van der Waals surface area contributed by atoms with Crippen molar-refractivity contribution < 1.29 is 52.4 Å². The molecule has 0 unspecified atom stereocenters. The van der Waals surface area contributed by atoms with Gasteiger partial charge in [0.15, 0.2) is 20.0 Å². The molecule has 0 N–H and O–H groups in total. The topological polar surface area (TPSA) is 91.6 Å². The number of likely N-dealkylation sites (N-methyl/N-ethyl adjacent to an activating group) is 1.